The van der Waals surface area contributed by atoms with Gasteiger partial charge in [-0.1, -0.05) is 24.3 Å². The highest BCUT2D eigenvalue weighted by atomic mass is 16.3. The second kappa shape index (κ2) is 4.73. The minimum Gasteiger partial charge on any atom is -0.395 e. The Bertz CT molecular complexity index is 454. The van der Waals surface area contributed by atoms with Gasteiger partial charge in [0.2, 0.25) is 5.91 Å². The molecule has 2 aliphatic carbocycles. The summed E-state index contributed by atoms with van der Waals surface area (Å²) < 4.78 is 0. The molecule has 0 heterocycles. The zero-order valence-electron chi connectivity index (χ0n) is 10.5. The van der Waals surface area contributed by atoms with Crippen LogP contribution >= 0.6 is 0 Å². The average Bonchev–Trinajstić information content (AvgIpc) is 2.27. The van der Waals surface area contributed by atoms with Crippen LogP contribution in [-0.4, -0.2) is 35.1 Å². The van der Waals surface area contributed by atoms with Crippen molar-refractivity contribution in [3.8, 4) is 0 Å². The Labute approximate surface area is 107 Å². The summed E-state index contributed by atoms with van der Waals surface area (Å²) >= 11 is 0. The maximum Gasteiger partial charge on any atom is 0.230 e. The van der Waals surface area contributed by atoms with Crippen molar-refractivity contribution in [1.82, 2.24) is 4.90 Å². The van der Waals surface area contributed by atoms with Crippen LogP contribution in [0.3, 0.4) is 0 Å². The predicted molar refractivity (Wildman–Crippen MR) is 69.3 cm³/mol. The summed E-state index contributed by atoms with van der Waals surface area (Å²) in [6, 6.07) is 8.55. The van der Waals surface area contributed by atoms with E-state index in [-0.39, 0.29) is 18.4 Å². The molecule has 96 valence electrons. The van der Waals surface area contributed by atoms with Gasteiger partial charge in [0.05, 0.1) is 12.5 Å². The van der Waals surface area contributed by atoms with Gasteiger partial charge in [-0.2, -0.15) is 0 Å². The van der Waals surface area contributed by atoms with Crippen molar-refractivity contribution in [3.05, 3.63) is 35.4 Å². The van der Waals surface area contributed by atoms with Crippen LogP contribution < -0.4 is 0 Å². The zero-order valence-corrected chi connectivity index (χ0v) is 10.5. The third-order valence-electron chi connectivity index (χ3n) is 4.29. The molecule has 0 spiro atoms. The number of carbonyl (C=O) groups is 1. The fourth-order valence-corrected chi connectivity index (χ4v) is 2.96. The van der Waals surface area contributed by atoms with Crippen LogP contribution in [0.4, 0.5) is 0 Å². The number of aliphatic hydroxyl groups is 1. The van der Waals surface area contributed by atoms with E-state index in [1.165, 1.54) is 17.5 Å². The Morgan fingerprint density at radius 3 is 2.72 bits per heavy atom. The van der Waals surface area contributed by atoms with Crippen molar-refractivity contribution in [1.29, 1.82) is 0 Å². The molecule has 1 aromatic carbocycles. The van der Waals surface area contributed by atoms with Crippen molar-refractivity contribution >= 4 is 5.91 Å². The quantitative estimate of drug-likeness (QED) is 0.877. The molecule has 0 radical (unpaired) electrons. The molecule has 0 aliphatic heterocycles. The fourth-order valence-electron chi connectivity index (χ4n) is 2.96. The Hall–Kier alpha value is -1.35. The number of benzene rings is 1. The molecule has 1 atom stereocenters. The third-order valence-corrected chi connectivity index (χ3v) is 4.29. The van der Waals surface area contributed by atoms with Gasteiger partial charge in [-0.05, 0) is 36.8 Å². The number of aliphatic hydroxyl groups excluding tert-OH is 1. The molecular weight excluding hydrogens is 226 g/mol. The van der Waals surface area contributed by atoms with Gasteiger partial charge >= 0.3 is 0 Å². The summed E-state index contributed by atoms with van der Waals surface area (Å²) in [5.41, 5.74) is 2.48. The van der Waals surface area contributed by atoms with Crippen LogP contribution in [0.1, 0.15) is 36.3 Å². The fraction of sp³-hybridized carbons (Fsp3) is 0.533. The monoisotopic (exact) mass is 245 g/mol. The summed E-state index contributed by atoms with van der Waals surface area (Å²) in [6.45, 7) is 0.554. The third kappa shape index (κ3) is 1.83. The number of fused-ring (bicyclic) bond motifs is 1. The highest BCUT2D eigenvalue weighted by molar-refractivity contribution is 5.87. The molecular formula is C15H19NO2. The lowest BCUT2D eigenvalue weighted by Gasteiger charge is -2.41. The Morgan fingerprint density at radius 1 is 1.33 bits per heavy atom. The van der Waals surface area contributed by atoms with Gasteiger partial charge < -0.3 is 10.0 Å². The van der Waals surface area contributed by atoms with E-state index in [0.717, 1.165) is 19.3 Å². The van der Waals surface area contributed by atoms with Gasteiger partial charge in [0.1, 0.15) is 0 Å². The van der Waals surface area contributed by atoms with Crippen LogP contribution in [0, 0.1) is 0 Å². The van der Waals surface area contributed by atoms with E-state index in [4.69, 9.17) is 5.11 Å². The molecule has 3 nitrogen and oxygen atoms in total. The number of carbonyl (C=O) groups excluding carboxylic acids is 1. The van der Waals surface area contributed by atoms with Gasteiger partial charge in [0, 0.05) is 12.6 Å². The number of nitrogens with zero attached hydrogens (tertiary/aromatic N) is 1. The second-order valence-corrected chi connectivity index (χ2v) is 5.30. The molecule has 0 saturated heterocycles. The Kier molecular flexibility index (Phi) is 3.08. The van der Waals surface area contributed by atoms with Gasteiger partial charge in [0.25, 0.3) is 0 Å². The smallest absolute Gasteiger partial charge is 0.230 e. The van der Waals surface area contributed by atoms with E-state index in [1.807, 2.05) is 17.0 Å². The van der Waals surface area contributed by atoms with Gasteiger partial charge in [0.15, 0.2) is 0 Å². The van der Waals surface area contributed by atoms with Crippen LogP contribution in [0.15, 0.2) is 24.3 Å². The normalized spacial score (nSPS) is 21.7. The summed E-state index contributed by atoms with van der Waals surface area (Å²) in [7, 11) is 0. The van der Waals surface area contributed by atoms with Gasteiger partial charge in [-0.3, -0.25) is 4.79 Å². The molecule has 0 bridgehead atoms. The Morgan fingerprint density at radius 2 is 2.11 bits per heavy atom. The van der Waals surface area contributed by atoms with Gasteiger partial charge in [-0.25, -0.2) is 0 Å². The van der Waals surface area contributed by atoms with Crippen molar-refractivity contribution in [2.24, 2.45) is 0 Å². The van der Waals surface area contributed by atoms with E-state index in [0.29, 0.717) is 12.6 Å². The minimum atomic E-state index is 0.0355. The molecule has 1 aromatic rings. The van der Waals surface area contributed by atoms with Gasteiger partial charge in [-0.15, -0.1) is 0 Å². The number of amides is 1. The first-order valence-corrected chi connectivity index (χ1v) is 6.80. The first-order valence-electron chi connectivity index (χ1n) is 6.80. The SMILES string of the molecule is O=C(C1Cc2ccccc21)N(CCO)C1CCC1. The lowest BCUT2D eigenvalue weighted by atomic mass is 9.76. The molecule has 1 N–H and O–H groups in total. The first-order chi connectivity index (χ1) is 8.81. The minimum absolute atomic E-state index is 0.0355. The molecule has 3 rings (SSSR count). The second-order valence-electron chi connectivity index (χ2n) is 5.30. The summed E-state index contributed by atoms with van der Waals surface area (Å²) in [5, 5.41) is 9.13. The van der Waals surface area contributed by atoms with Crippen molar-refractivity contribution in [2.75, 3.05) is 13.2 Å². The maximum absolute atomic E-state index is 12.5. The van der Waals surface area contributed by atoms with Crippen LogP contribution in [-0.2, 0) is 11.2 Å². The largest absolute Gasteiger partial charge is 0.395 e. The topological polar surface area (TPSA) is 40.5 Å². The lowest BCUT2D eigenvalue weighted by molar-refractivity contribution is -0.138. The molecule has 3 heteroatoms. The molecule has 1 amide bonds. The molecule has 1 unspecified atom stereocenters. The molecule has 0 aromatic heterocycles. The van der Waals surface area contributed by atoms with E-state index >= 15 is 0 Å². The van der Waals surface area contributed by atoms with E-state index in [1.54, 1.807) is 0 Å². The van der Waals surface area contributed by atoms with E-state index in [9.17, 15) is 4.79 Å². The standard InChI is InChI=1S/C15H19NO2/c17-9-8-16(12-5-3-6-12)15(18)14-10-11-4-1-2-7-13(11)14/h1-2,4,7,12,14,17H,3,5-6,8-10H2. The van der Waals surface area contributed by atoms with Crippen LogP contribution in [0.5, 0.6) is 0 Å². The number of hydrogen-bond acceptors (Lipinski definition) is 2. The molecule has 1 fully saturated rings. The number of rotatable bonds is 4. The predicted octanol–water partition coefficient (Wildman–Crippen LogP) is 1.70. The van der Waals surface area contributed by atoms with Crippen LogP contribution in [0.2, 0.25) is 0 Å². The molecule has 2 aliphatic rings. The average molecular weight is 245 g/mol. The Balaban J connectivity index is 1.74. The summed E-state index contributed by atoms with van der Waals surface area (Å²) in [5.74, 6) is 0.251. The first kappa shape index (κ1) is 11.7. The van der Waals surface area contributed by atoms with Crippen molar-refractivity contribution in [3.63, 3.8) is 0 Å². The highest BCUT2D eigenvalue weighted by Gasteiger charge is 2.38. The zero-order chi connectivity index (χ0) is 12.5. The molecule has 18 heavy (non-hydrogen) atoms. The van der Waals surface area contributed by atoms with Crippen LogP contribution in [0.25, 0.3) is 0 Å². The van der Waals surface area contributed by atoms with Crippen molar-refractivity contribution < 1.29 is 9.90 Å². The summed E-state index contributed by atoms with van der Waals surface area (Å²) in [4.78, 5) is 14.4. The molecule has 1 saturated carbocycles. The van der Waals surface area contributed by atoms with E-state index < -0.39 is 0 Å². The highest BCUT2D eigenvalue weighted by Crippen LogP contribution is 2.38. The summed E-state index contributed by atoms with van der Waals surface area (Å²) in [6.07, 6.45) is 4.27. The number of hydrogen-bond donors (Lipinski definition) is 1. The van der Waals surface area contributed by atoms with E-state index in [2.05, 4.69) is 12.1 Å². The lowest BCUT2D eigenvalue weighted by Crippen LogP contribution is -2.49. The van der Waals surface area contributed by atoms with Crippen molar-refractivity contribution in [2.45, 2.75) is 37.6 Å². The maximum atomic E-state index is 12.5.